The smallest absolute Gasteiger partial charge is 0.404 e. The van der Waals surface area contributed by atoms with Gasteiger partial charge in [0.2, 0.25) is 0 Å². The summed E-state index contributed by atoms with van der Waals surface area (Å²) in [6.07, 6.45) is -4.74. The topological polar surface area (TPSA) is 35.2 Å². The van der Waals surface area contributed by atoms with E-state index in [9.17, 15) is 13.2 Å². The fourth-order valence-corrected chi connectivity index (χ4v) is 1.54. The van der Waals surface area contributed by atoms with Crippen molar-refractivity contribution in [3.63, 3.8) is 0 Å². The van der Waals surface area contributed by atoms with Crippen LogP contribution in [0.25, 0.3) is 0 Å². The van der Waals surface area contributed by atoms with Crippen LogP contribution in [0.2, 0.25) is 5.02 Å². The zero-order valence-corrected chi connectivity index (χ0v) is 10.1. The second kappa shape index (κ2) is 5.14. The van der Waals surface area contributed by atoms with Gasteiger partial charge in [0.25, 0.3) is 0 Å². The van der Waals surface area contributed by atoms with E-state index in [-0.39, 0.29) is 17.0 Å². The van der Waals surface area contributed by atoms with Crippen LogP contribution >= 0.6 is 11.6 Å². The first-order chi connectivity index (χ1) is 7.70. The molecule has 1 rings (SSSR count). The number of halogens is 4. The second-order valence-electron chi connectivity index (χ2n) is 4.01. The van der Waals surface area contributed by atoms with Crippen molar-refractivity contribution in [1.29, 1.82) is 0 Å². The van der Waals surface area contributed by atoms with E-state index in [0.717, 1.165) is 0 Å². The Morgan fingerprint density at radius 1 is 1.29 bits per heavy atom. The number of hydrogen-bond acceptors (Lipinski definition) is 2. The summed E-state index contributed by atoms with van der Waals surface area (Å²) < 4.78 is 39.8. The summed E-state index contributed by atoms with van der Waals surface area (Å²) >= 11 is 5.70. The van der Waals surface area contributed by atoms with Crippen molar-refractivity contribution in [2.75, 3.05) is 0 Å². The predicted octanol–water partition coefficient (Wildman–Crippen LogP) is 3.89. The minimum Gasteiger partial charge on any atom is -0.404 e. The highest BCUT2D eigenvalue weighted by Crippen LogP contribution is 2.32. The summed E-state index contributed by atoms with van der Waals surface area (Å²) in [5.74, 6) is -0.251. The van der Waals surface area contributed by atoms with Gasteiger partial charge in [0.05, 0.1) is 5.02 Å². The molecule has 0 spiro atoms. The summed E-state index contributed by atoms with van der Waals surface area (Å²) in [6, 6.07) is 3.78. The van der Waals surface area contributed by atoms with Gasteiger partial charge in [0.1, 0.15) is 5.75 Å². The van der Waals surface area contributed by atoms with Crippen LogP contribution in [0.5, 0.6) is 5.75 Å². The van der Waals surface area contributed by atoms with E-state index >= 15 is 0 Å². The molecule has 0 radical (unpaired) electrons. The molecule has 1 aromatic rings. The van der Waals surface area contributed by atoms with Gasteiger partial charge >= 0.3 is 6.36 Å². The Labute approximate surface area is 103 Å². The van der Waals surface area contributed by atoms with Gasteiger partial charge in [-0.05, 0) is 23.6 Å². The van der Waals surface area contributed by atoms with Crippen molar-refractivity contribution < 1.29 is 17.9 Å². The average molecular weight is 268 g/mol. The molecule has 0 aliphatic carbocycles. The molecule has 0 saturated carbocycles. The van der Waals surface area contributed by atoms with Crippen LogP contribution in [-0.4, -0.2) is 6.36 Å². The third-order valence-corrected chi connectivity index (χ3v) is 2.58. The van der Waals surface area contributed by atoms with E-state index in [1.807, 2.05) is 13.8 Å². The van der Waals surface area contributed by atoms with E-state index < -0.39 is 12.1 Å². The largest absolute Gasteiger partial charge is 0.573 e. The number of alkyl halides is 3. The van der Waals surface area contributed by atoms with E-state index in [1.54, 1.807) is 0 Å². The molecule has 17 heavy (non-hydrogen) atoms. The summed E-state index contributed by atoms with van der Waals surface area (Å²) in [7, 11) is 0. The maximum Gasteiger partial charge on any atom is 0.573 e. The maximum absolute atomic E-state index is 12.0. The molecule has 6 heteroatoms. The summed E-state index contributed by atoms with van der Waals surface area (Å²) in [5.41, 5.74) is 6.54. The zero-order valence-electron chi connectivity index (χ0n) is 9.38. The number of rotatable bonds is 3. The normalized spacial score (nSPS) is 13.9. The van der Waals surface area contributed by atoms with Crippen LogP contribution in [0, 0.1) is 5.92 Å². The van der Waals surface area contributed by atoms with Gasteiger partial charge in [-0.1, -0.05) is 31.5 Å². The van der Waals surface area contributed by atoms with E-state index in [1.165, 1.54) is 18.2 Å². The highest BCUT2D eigenvalue weighted by Gasteiger charge is 2.32. The fraction of sp³-hybridized carbons (Fsp3) is 0.455. The van der Waals surface area contributed by atoms with Crippen LogP contribution in [0.4, 0.5) is 13.2 Å². The van der Waals surface area contributed by atoms with Gasteiger partial charge < -0.3 is 10.5 Å². The van der Waals surface area contributed by atoms with Gasteiger partial charge in [-0.15, -0.1) is 13.2 Å². The highest BCUT2D eigenvalue weighted by molar-refractivity contribution is 6.32. The van der Waals surface area contributed by atoms with Gasteiger partial charge in [-0.3, -0.25) is 0 Å². The van der Waals surface area contributed by atoms with Crippen molar-refractivity contribution >= 4 is 11.6 Å². The molecule has 1 aromatic carbocycles. The standard InChI is InChI=1S/C11H13ClF3NO/c1-6(2)10(16)7-3-4-9(8(12)5-7)17-11(13,14)15/h3-6,10H,16H2,1-2H3/t10-/m0/s1. The lowest BCUT2D eigenvalue weighted by Gasteiger charge is -2.17. The second-order valence-corrected chi connectivity index (χ2v) is 4.41. The molecule has 1 atom stereocenters. The monoisotopic (exact) mass is 267 g/mol. The van der Waals surface area contributed by atoms with Gasteiger partial charge in [0, 0.05) is 6.04 Å². The zero-order chi connectivity index (χ0) is 13.2. The minimum absolute atomic E-state index is 0.101. The molecular formula is C11H13ClF3NO. The van der Waals surface area contributed by atoms with Crippen molar-refractivity contribution in [2.24, 2.45) is 11.7 Å². The fourth-order valence-electron chi connectivity index (χ4n) is 1.32. The van der Waals surface area contributed by atoms with Crippen molar-refractivity contribution in [1.82, 2.24) is 0 Å². The quantitative estimate of drug-likeness (QED) is 0.902. The van der Waals surface area contributed by atoms with E-state index in [2.05, 4.69) is 4.74 Å². The molecular weight excluding hydrogens is 255 g/mol. The maximum atomic E-state index is 12.0. The highest BCUT2D eigenvalue weighted by atomic mass is 35.5. The summed E-state index contributed by atoms with van der Waals surface area (Å²) in [5, 5.41) is -0.101. The van der Waals surface area contributed by atoms with Crippen LogP contribution < -0.4 is 10.5 Å². The lowest BCUT2D eigenvalue weighted by atomic mass is 9.97. The summed E-state index contributed by atoms with van der Waals surface area (Å²) in [6.45, 7) is 3.83. The SMILES string of the molecule is CC(C)[C@H](N)c1ccc(OC(F)(F)F)c(Cl)c1. The van der Waals surface area contributed by atoms with Crippen molar-refractivity contribution in [2.45, 2.75) is 26.3 Å². The molecule has 0 aliphatic heterocycles. The minimum atomic E-state index is -4.74. The molecule has 2 nitrogen and oxygen atoms in total. The third kappa shape index (κ3) is 4.09. The lowest BCUT2D eigenvalue weighted by Crippen LogP contribution is -2.18. The number of hydrogen-bond donors (Lipinski definition) is 1. The van der Waals surface area contributed by atoms with Gasteiger partial charge in [-0.25, -0.2) is 0 Å². The Morgan fingerprint density at radius 2 is 1.88 bits per heavy atom. The summed E-state index contributed by atoms with van der Waals surface area (Å²) in [4.78, 5) is 0. The Morgan fingerprint density at radius 3 is 2.29 bits per heavy atom. The predicted molar refractivity (Wildman–Crippen MR) is 59.9 cm³/mol. The average Bonchev–Trinajstić information content (AvgIpc) is 2.18. The van der Waals surface area contributed by atoms with Crippen molar-refractivity contribution in [3.05, 3.63) is 28.8 Å². The molecule has 2 N–H and O–H groups in total. The van der Waals surface area contributed by atoms with Crippen LogP contribution in [0.15, 0.2) is 18.2 Å². The third-order valence-electron chi connectivity index (χ3n) is 2.28. The number of benzene rings is 1. The first-order valence-electron chi connectivity index (χ1n) is 5.01. The first-order valence-corrected chi connectivity index (χ1v) is 5.39. The van der Waals surface area contributed by atoms with E-state index in [0.29, 0.717) is 5.56 Å². The number of nitrogens with two attached hydrogens (primary N) is 1. The van der Waals surface area contributed by atoms with Gasteiger partial charge in [0.15, 0.2) is 0 Å². The Bertz CT molecular complexity index is 393. The first kappa shape index (κ1) is 14.1. The van der Waals surface area contributed by atoms with Crippen molar-refractivity contribution in [3.8, 4) is 5.75 Å². The number of ether oxygens (including phenoxy) is 1. The van der Waals surface area contributed by atoms with Gasteiger partial charge in [-0.2, -0.15) is 0 Å². The molecule has 0 amide bonds. The Balaban J connectivity index is 2.94. The molecule has 96 valence electrons. The lowest BCUT2D eigenvalue weighted by molar-refractivity contribution is -0.274. The Kier molecular flexibility index (Phi) is 4.27. The molecule has 0 bridgehead atoms. The molecule has 0 heterocycles. The van der Waals surface area contributed by atoms with Crippen LogP contribution in [0.3, 0.4) is 0 Å². The van der Waals surface area contributed by atoms with E-state index in [4.69, 9.17) is 17.3 Å². The molecule has 0 aliphatic rings. The van der Waals surface area contributed by atoms with Crippen LogP contribution in [-0.2, 0) is 0 Å². The Hall–Kier alpha value is -0.940. The molecule has 0 saturated heterocycles. The molecule has 0 unspecified atom stereocenters. The van der Waals surface area contributed by atoms with Crippen LogP contribution in [0.1, 0.15) is 25.5 Å². The molecule has 0 aromatic heterocycles. The molecule has 0 fully saturated rings.